The van der Waals surface area contributed by atoms with E-state index in [1.165, 1.54) is 6.26 Å². The molecule has 1 amide bonds. The van der Waals surface area contributed by atoms with E-state index in [1.807, 2.05) is 27.7 Å². The average Bonchev–Trinajstić information content (AvgIpc) is 2.83. The van der Waals surface area contributed by atoms with Crippen LogP contribution in [0.15, 0.2) is 16.7 Å². The van der Waals surface area contributed by atoms with Crippen LogP contribution in [0.1, 0.15) is 43.3 Å². The van der Waals surface area contributed by atoms with E-state index in [-0.39, 0.29) is 24.0 Å². The van der Waals surface area contributed by atoms with Crippen molar-refractivity contribution in [2.45, 2.75) is 45.8 Å². The predicted molar refractivity (Wildman–Crippen MR) is 74.5 cm³/mol. The first-order chi connectivity index (χ1) is 9.38. The Kier molecular flexibility index (Phi) is 3.93. The van der Waals surface area contributed by atoms with Gasteiger partial charge in [0.2, 0.25) is 0 Å². The van der Waals surface area contributed by atoms with Crippen LogP contribution in [-0.2, 0) is 4.74 Å². The number of aliphatic hydroxyl groups is 1. The molecule has 2 rings (SSSR count). The second-order valence-electron chi connectivity index (χ2n) is 6.00. The third-order valence-corrected chi connectivity index (χ3v) is 4.63. The first-order valence-electron chi connectivity index (χ1n) is 6.97. The van der Waals surface area contributed by atoms with Crippen molar-refractivity contribution < 1.29 is 19.1 Å². The summed E-state index contributed by atoms with van der Waals surface area (Å²) in [6.45, 7) is 8.28. The van der Waals surface area contributed by atoms with Crippen molar-refractivity contribution in [3.63, 3.8) is 0 Å². The van der Waals surface area contributed by atoms with Crippen molar-refractivity contribution in [2.75, 3.05) is 13.2 Å². The maximum Gasteiger partial charge on any atom is 0.287 e. The van der Waals surface area contributed by atoms with Crippen molar-refractivity contribution in [2.24, 2.45) is 5.41 Å². The number of furan rings is 1. The molecular weight excluding hydrogens is 258 g/mol. The van der Waals surface area contributed by atoms with E-state index in [2.05, 4.69) is 5.32 Å². The minimum Gasteiger partial charge on any atom is -0.459 e. The summed E-state index contributed by atoms with van der Waals surface area (Å²) in [4.78, 5) is 12.3. The molecule has 1 saturated carbocycles. The van der Waals surface area contributed by atoms with Gasteiger partial charge in [-0.15, -0.1) is 0 Å². The van der Waals surface area contributed by atoms with Crippen LogP contribution in [0.5, 0.6) is 0 Å². The van der Waals surface area contributed by atoms with Gasteiger partial charge in [0.15, 0.2) is 5.76 Å². The Morgan fingerprint density at radius 3 is 2.75 bits per heavy atom. The fraction of sp³-hybridized carbons (Fsp3) is 0.667. The van der Waals surface area contributed by atoms with E-state index >= 15 is 0 Å². The van der Waals surface area contributed by atoms with E-state index in [0.717, 1.165) is 5.56 Å². The van der Waals surface area contributed by atoms with Crippen LogP contribution < -0.4 is 5.32 Å². The standard InChI is InChI=1S/C15H23NO4/c1-5-19-11-8-15(9-17,14(11,3)4)16-13(18)12-10(2)6-7-20-12/h6-7,11,17H,5,8-9H2,1-4H3,(H,16,18). The van der Waals surface area contributed by atoms with Crippen LogP contribution in [0.25, 0.3) is 0 Å². The average molecular weight is 281 g/mol. The summed E-state index contributed by atoms with van der Waals surface area (Å²) in [5.74, 6) is 0.0121. The lowest BCUT2D eigenvalue weighted by atomic mass is 9.54. The van der Waals surface area contributed by atoms with Gasteiger partial charge in [0, 0.05) is 24.0 Å². The van der Waals surface area contributed by atoms with Gasteiger partial charge in [-0.3, -0.25) is 4.79 Å². The molecule has 0 aliphatic heterocycles. The molecule has 5 heteroatoms. The van der Waals surface area contributed by atoms with Crippen molar-refractivity contribution in [1.82, 2.24) is 5.32 Å². The normalized spacial score (nSPS) is 27.9. The Bertz CT molecular complexity index is 494. The molecule has 1 aromatic rings. The number of hydrogen-bond donors (Lipinski definition) is 2. The molecule has 1 aliphatic carbocycles. The molecule has 0 radical (unpaired) electrons. The number of nitrogens with one attached hydrogen (secondary N) is 1. The lowest BCUT2D eigenvalue weighted by molar-refractivity contribution is -0.172. The van der Waals surface area contributed by atoms with Gasteiger partial charge in [-0.05, 0) is 19.9 Å². The number of aliphatic hydroxyl groups excluding tert-OH is 1. The van der Waals surface area contributed by atoms with Crippen molar-refractivity contribution in [1.29, 1.82) is 0 Å². The first-order valence-corrected chi connectivity index (χ1v) is 6.97. The number of rotatable bonds is 5. The van der Waals surface area contributed by atoms with Gasteiger partial charge in [0.25, 0.3) is 5.91 Å². The zero-order valence-electron chi connectivity index (χ0n) is 12.5. The molecule has 5 nitrogen and oxygen atoms in total. The Hall–Kier alpha value is -1.33. The molecule has 0 bridgehead atoms. The summed E-state index contributed by atoms with van der Waals surface area (Å²) in [5.41, 5.74) is -0.203. The Morgan fingerprint density at radius 2 is 2.30 bits per heavy atom. The van der Waals surface area contributed by atoms with Crippen molar-refractivity contribution >= 4 is 5.91 Å². The summed E-state index contributed by atoms with van der Waals surface area (Å²) in [5, 5.41) is 12.7. The van der Waals surface area contributed by atoms with E-state index in [0.29, 0.717) is 18.8 Å². The summed E-state index contributed by atoms with van der Waals surface area (Å²) in [7, 11) is 0. The van der Waals surface area contributed by atoms with Gasteiger partial charge in [-0.1, -0.05) is 13.8 Å². The molecule has 0 saturated heterocycles. The number of amides is 1. The smallest absolute Gasteiger partial charge is 0.287 e. The number of carbonyl (C=O) groups excluding carboxylic acids is 1. The molecular formula is C15H23NO4. The molecule has 1 aliphatic rings. The van der Waals surface area contributed by atoms with E-state index in [1.54, 1.807) is 6.07 Å². The second kappa shape index (κ2) is 5.22. The molecule has 2 atom stereocenters. The van der Waals surface area contributed by atoms with Crippen LogP contribution in [0.3, 0.4) is 0 Å². The van der Waals surface area contributed by atoms with Crippen LogP contribution in [0.4, 0.5) is 0 Å². The number of ether oxygens (including phenoxy) is 1. The zero-order valence-corrected chi connectivity index (χ0v) is 12.5. The lowest BCUT2D eigenvalue weighted by Crippen LogP contribution is -2.74. The fourth-order valence-corrected chi connectivity index (χ4v) is 2.88. The third kappa shape index (κ3) is 2.15. The highest BCUT2D eigenvalue weighted by molar-refractivity contribution is 5.93. The predicted octanol–water partition coefficient (Wildman–Crippen LogP) is 1.88. The summed E-state index contributed by atoms with van der Waals surface area (Å²) < 4.78 is 10.9. The monoisotopic (exact) mass is 281 g/mol. The SMILES string of the molecule is CCOC1CC(CO)(NC(=O)c2occc2C)C1(C)C. The minimum absolute atomic E-state index is 0.0395. The molecule has 20 heavy (non-hydrogen) atoms. The minimum atomic E-state index is -0.664. The number of aryl methyl sites for hydroxylation is 1. The van der Waals surface area contributed by atoms with Gasteiger partial charge in [-0.2, -0.15) is 0 Å². The fourth-order valence-electron chi connectivity index (χ4n) is 2.88. The van der Waals surface area contributed by atoms with E-state index in [4.69, 9.17) is 9.15 Å². The largest absolute Gasteiger partial charge is 0.459 e. The first kappa shape index (κ1) is 15.1. The summed E-state index contributed by atoms with van der Waals surface area (Å²) in [6, 6.07) is 1.75. The molecule has 1 aromatic heterocycles. The van der Waals surface area contributed by atoms with Crippen LogP contribution in [0.2, 0.25) is 0 Å². The molecule has 0 aromatic carbocycles. The molecule has 112 valence electrons. The maximum atomic E-state index is 12.3. The Morgan fingerprint density at radius 1 is 1.60 bits per heavy atom. The van der Waals surface area contributed by atoms with Gasteiger partial charge in [0.05, 0.1) is 24.5 Å². The highest BCUT2D eigenvalue weighted by Gasteiger charge is 2.61. The molecule has 0 spiro atoms. The second-order valence-corrected chi connectivity index (χ2v) is 6.00. The lowest BCUT2D eigenvalue weighted by Gasteiger charge is -2.60. The van der Waals surface area contributed by atoms with Crippen LogP contribution in [-0.4, -0.2) is 35.9 Å². The Labute approximate surface area is 119 Å². The number of carbonyl (C=O) groups is 1. The molecule has 1 fully saturated rings. The van der Waals surface area contributed by atoms with Gasteiger partial charge < -0.3 is 19.6 Å². The topological polar surface area (TPSA) is 71.7 Å². The summed E-state index contributed by atoms with van der Waals surface area (Å²) >= 11 is 0. The van der Waals surface area contributed by atoms with Gasteiger partial charge >= 0.3 is 0 Å². The molecule has 1 heterocycles. The van der Waals surface area contributed by atoms with Gasteiger partial charge in [-0.25, -0.2) is 0 Å². The maximum absolute atomic E-state index is 12.3. The third-order valence-electron chi connectivity index (χ3n) is 4.63. The summed E-state index contributed by atoms with van der Waals surface area (Å²) in [6.07, 6.45) is 2.14. The zero-order chi connectivity index (χ0) is 15.0. The number of hydrogen-bond acceptors (Lipinski definition) is 4. The van der Waals surface area contributed by atoms with Crippen molar-refractivity contribution in [3.05, 3.63) is 23.7 Å². The highest BCUT2D eigenvalue weighted by Crippen LogP contribution is 2.51. The van der Waals surface area contributed by atoms with E-state index in [9.17, 15) is 9.90 Å². The molecule has 2 unspecified atom stereocenters. The quantitative estimate of drug-likeness (QED) is 0.864. The van der Waals surface area contributed by atoms with Crippen LogP contribution >= 0.6 is 0 Å². The van der Waals surface area contributed by atoms with E-state index < -0.39 is 5.54 Å². The molecule has 2 N–H and O–H groups in total. The highest BCUT2D eigenvalue weighted by atomic mass is 16.5. The van der Waals surface area contributed by atoms with Gasteiger partial charge in [0.1, 0.15) is 0 Å². The van der Waals surface area contributed by atoms with Crippen LogP contribution in [0, 0.1) is 12.3 Å². The Balaban J connectivity index is 2.14. The van der Waals surface area contributed by atoms with Crippen molar-refractivity contribution in [3.8, 4) is 0 Å².